The van der Waals surface area contributed by atoms with Crippen LogP contribution in [0.25, 0.3) is 16.7 Å². The molecule has 0 aliphatic carbocycles. The summed E-state index contributed by atoms with van der Waals surface area (Å²) in [6, 6.07) is 11.4. The number of nitrogens with one attached hydrogen (secondary N) is 1. The summed E-state index contributed by atoms with van der Waals surface area (Å²) in [5.41, 5.74) is 3.13. The van der Waals surface area contributed by atoms with Gasteiger partial charge in [-0.05, 0) is 72.9 Å². The fraction of sp³-hybridized carbons (Fsp3) is 0.276. The number of amides is 2. The van der Waals surface area contributed by atoms with Crippen LogP contribution in [0, 0.1) is 17.6 Å². The van der Waals surface area contributed by atoms with Crippen LogP contribution in [0.5, 0.6) is 0 Å². The van der Waals surface area contributed by atoms with Crippen LogP contribution >= 0.6 is 27.5 Å². The van der Waals surface area contributed by atoms with Crippen LogP contribution in [0.3, 0.4) is 0 Å². The molecule has 38 heavy (non-hydrogen) atoms. The van der Waals surface area contributed by atoms with E-state index in [1.807, 2.05) is 37.3 Å². The summed E-state index contributed by atoms with van der Waals surface area (Å²) in [5, 5.41) is 2.86. The van der Waals surface area contributed by atoms with Crippen molar-refractivity contribution in [2.75, 3.05) is 11.9 Å². The quantitative estimate of drug-likeness (QED) is 0.309. The van der Waals surface area contributed by atoms with Crippen LogP contribution in [0.1, 0.15) is 49.9 Å². The molecule has 0 spiro atoms. The van der Waals surface area contributed by atoms with E-state index in [-0.39, 0.29) is 52.9 Å². The molecule has 1 N–H and O–H groups in total. The number of anilines is 1. The second kappa shape index (κ2) is 10.9. The zero-order valence-electron chi connectivity index (χ0n) is 20.6. The Morgan fingerprint density at radius 2 is 1.92 bits per heavy atom. The highest BCUT2D eigenvalue weighted by Gasteiger charge is 2.31. The molecule has 3 heterocycles. The average molecular weight is 601 g/mol. The van der Waals surface area contributed by atoms with Gasteiger partial charge >= 0.3 is 0 Å². The first kappa shape index (κ1) is 26.5. The number of benzene rings is 2. The maximum Gasteiger partial charge on any atom is 0.247 e. The highest BCUT2D eigenvalue weighted by molar-refractivity contribution is 9.10. The number of carbonyl (C=O) groups is 2. The van der Waals surface area contributed by atoms with Crippen molar-refractivity contribution in [2.45, 2.75) is 38.6 Å². The van der Waals surface area contributed by atoms with E-state index in [0.717, 1.165) is 33.4 Å². The standard InChI is InChI=1S/C29H25BrClF2N3O2/c1-16-3-2-4-25(36-12-10-18(14-26(36)37)27-22(32)7-6-21(31)28(27)33)24-13-17(9-11-34-24)20-15-19(30)5-8-23(20)35-29(16)38/h5-9,11,13-16,25H,2-4,10,12H2,1H3,(H,35,38)/t16-,25+/m1/s1. The molecule has 2 aliphatic rings. The van der Waals surface area contributed by atoms with Crippen LogP contribution in [0.2, 0.25) is 5.02 Å². The summed E-state index contributed by atoms with van der Waals surface area (Å²) in [6.07, 6.45) is 5.18. The zero-order chi connectivity index (χ0) is 27.0. The highest BCUT2D eigenvalue weighted by atomic mass is 79.9. The minimum absolute atomic E-state index is 0.0628. The highest BCUT2D eigenvalue weighted by Crippen LogP contribution is 2.38. The summed E-state index contributed by atoms with van der Waals surface area (Å²) in [6.45, 7) is 2.16. The summed E-state index contributed by atoms with van der Waals surface area (Å²) < 4.78 is 30.0. The van der Waals surface area contributed by atoms with E-state index in [0.29, 0.717) is 24.9 Å². The molecular weight excluding hydrogens is 576 g/mol. The fourth-order valence-electron chi connectivity index (χ4n) is 5.11. The molecule has 0 fully saturated rings. The molecule has 0 radical (unpaired) electrons. The van der Waals surface area contributed by atoms with Crippen molar-refractivity contribution < 1.29 is 18.4 Å². The lowest BCUT2D eigenvalue weighted by molar-refractivity contribution is -0.129. The van der Waals surface area contributed by atoms with Crippen molar-refractivity contribution in [3.8, 4) is 11.1 Å². The predicted octanol–water partition coefficient (Wildman–Crippen LogP) is 7.56. The van der Waals surface area contributed by atoms with Crippen LogP contribution in [0.15, 0.2) is 59.2 Å². The molecule has 5 rings (SSSR count). The van der Waals surface area contributed by atoms with Gasteiger partial charge in [0.1, 0.15) is 5.82 Å². The molecular formula is C29H25BrClF2N3O2. The van der Waals surface area contributed by atoms with Gasteiger partial charge in [0.2, 0.25) is 11.8 Å². The SMILES string of the molecule is C[C@@H]1CCC[C@H](N2CCC(c3c(F)ccc(Cl)c3F)=CC2=O)c2cc(ccn2)-c2cc(Br)ccc2NC1=O. The van der Waals surface area contributed by atoms with Gasteiger partial charge in [-0.2, -0.15) is 0 Å². The summed E-state index contributed by atoms with van der Waals surface area (Å²) in [4.78, 5) is 32.6. The first-order valence-electron chi connectivity index (χ1n) is 12.4. The summed E-state index contributed by atoms with van der Waals surface area (Å²) in [7, 11) is 0. The van der Waals surface area contributed by atoms with Gasteiger partial charge in [-0.3, -0.25) is 14.6 Å². The third-order valence-corrected chi connectivity index (χ3v) is 7.96. The van der Waals surface area contributed by atoms with E-state index < -0.39 is 11.6 Å². The smallest absolute Gasteiger partial charge is 0.247 e. The van der Waals surface area contributed by atoms with Crippen LogP contribution in [0.4, 0.5) is 14.5 Å². The first-order chi connectivity index (χ1) is 18.2. The molecule has 1 aromatic heterocycles. The van der Waals surface area contributed by atoms with E-state index in [1.54, 1.807) is 11.1 Å². The van der Waals surface area contributed by atoms with Gasteiger partial charge in [-0.1, -0.05) is 40.9 Å². The number of hydrogen-bond acceptors (Lipinski definition) is 3. The molecule has 2 bridgehead atoms. The Bertz CT molecular complexity index is 1460. The number of aromatic nitrogens is 1. The third kappa shape index (κ3) is 5.24. The maximum absolute atomic E-state index is 14.7. The van der Waals surface area contributed by atoms with Crippen molar-refractivity contribution in [1.82, 2.24) is 9.88 Å². The van der Waals surface area contributed by atoms with Gasteiger partial charge in [0.15, 0.2) is 5.82 Å². The molecule has 9 heteroatoms. The Balaban J connectivity index is 1.54. The van der Waals surface area contributed by atoms with Crippen molar-refractivity contribution in [3.63, 3.8) is 0 Å². The van der Waals surface area contributed by atoms with E-state index in [4.69, 9.17) is 11.6 Å². The zero-order valence-corrected chi connectivity index (χ0v) is 23.0. The second-order valence-electron chi connectivity index (χ2n) is 9.67. The molecule has 196 valence electrons. The van der Waals surface area contributed by atoms with Gasteiger partial charge in [-0.25, -0.2) is 8.78 Å². The number of rotatable bonds is 2. The molecule has 0 saturated carbocycles. The Kier molecular flexibility index (Phi) is 7.63. The monoisotopic (exact) mass is 599 g/mol. The van der Waals surface area contributed by atoms with Crippen molar-refractivity contribution >= 4 is 50.6 Å². The minimum atomic E-state index is -0.864. The van der Waals surface area contributed by atoms with Crippen LogP contribution in [-0.2, 0) is 9.59 Å². The van der Waals surface area contributed by atoms with Gasteiger partial charge in [0.25, 0.3) is 0 Å². The molecule has 5 nitrogen and oxygen atoms in total. The lowest BCUT2D eigenvalue weighted by atomic mass is 9.92. The van der Waals surface area contributed by atoms with Gasteiger partial charge < -0.3 is 10.2 Å². The number of hydrogen-bond donors (Lipinski definition) is 1. The largest absolute Gasteiger partial charge is 0.330 e. The average Bonchev–Trinajstić information content (AvgIpc) is 2.90. The Morgan fingerprint density at radius 1 is 1.11 bits per heavy atom. The van der Waals surface area contributed by atoms with Crippen molar-refractivity contribution in [3.05, 3.63) is 87.1 Å². The van der Waals surface area contributed by atoms with Gasteiger partial charge in [0.05, 0.1) is 22.3 Å². The van der Waals surface area contributed by atoms with Crippen molar-refractivity contribution in [1.29, 1.82) is 0 Å². The molecule has 3 aromatic rings. The minimum Gasteiger partial charge on any atom is -0.330 e. The normalized spacial score (nSPS) is 20.1. The Labute approximate surface area is 233 Å². The fourth-order valence-corrected chi connectivity index (χ4v) is 5.63. The van der Waals surface area contributed by atoms with Gasteiger partial charge in [0, 0.05) is 40.5 Å². The number of fused-ring (bicyclic) bond motifs is 4. The molecule has 2 atom stereocenters. The molecule has 0 unspecified atom stereocenters. The Morgan fingerprint density at radius 3 is 2.71 bits per heavy atom. The van der Waals surface area contributed by atoms with E-state index >= 15 is 0 Å². The Hall–Kier alpha value is -3.10. The topological polar surface area (TPSA) is 62.3 Å². The number of halogens is 4. The molecule has 2 aromatic carbocycles. The van der Waals surface area contributed by atoms with Crippen molar-refractivity contribution in [2.24, 2.45) is 5.92 Å². The lowest BCUT2D eigenvalue weighted by Crippen LogP contribution is -2.38. The number of carbonyl (C=O) groups excluding carboxylic acids is 2. The molecule has 0 saturated heterocycles. The lowest BCUT2D eigenvalue weighted by Gasteiger charge is -2.34. The van der Waals surface area contributed by atoms with Crippen LogP contribution in [-0.4, -0.2) is 28.2 Å². The predicted molar refractivity (Wildman–Crippen MR) is 147 cm³/mol. The molecule has 2 aliphatic heterocycles. The first-order valence-corrected chi connectivity index (χ1v) is 13.6. The van der Waals surface area contributed by atoms with E-state index in [1.165, 1.54) is 6.08 Å². The van der Waals surface area contributed by atoms with E-state index in [9.17, 15) is 18.4 Å². The number of nitrogens with zero attached hydrogens (tertiary/aromatic N) is 2. The third-order valence-electron chi connectivity index (χ3n) is 7.18. The van der Waals surface area contributed by atoms with Crippen LogP contribution < -0.4 is 5.32 Å². The van der Waals surface area contributed by atoms with Gasteiger partial charge in [-0.15, -0.1) is 0 Å². The second-order valence-corrected chi connectivity index (χ2v) is 11.0. The van der Waals surface area contributed by atoms with E-state index in [2.05, 4.69) is 26.2 Å². The summed E-state index contributed by atoms with van der Waals surface area (Å²) in [5.74, 6) is -2.25. The molecule has 2 amide bonds. The summed E-state index contributed by atoms with van der Waals surface area (Å²) >= 11 is 9.40. The number of pyridine rings is 1. The maximum atomic E-state index is 14.7.